The smallest absolute Gasteiger partial charge is 0.343 e. The molecule has 0 amide bonds. The summed E-state index contributed by atoms with van der Waals surface area (Å²) < 4.78 is 20.3. The fourth-order valence-corrected chi connectivity index (χ4v) is 3.03. The first-order valence-corrected chi connectivity index (χ1v) is 9.82. The van der Waals surface area contributed by atoms with Crippen molar-refractivity contribution in [2.45, 2.75) is 6.42 Å². The molecule has 0 unspecified atom stereocenters. The number of nitrogens with one attached hydrogen (secondary N) is 1. The summed E-state index contributed by atoms with van der Waals surface area (Å²) in [6.07, 6.45) is 2.23. The van der Waals surface area contributed by atoms with E-state index in [-0.39, 0.29) is 5.56 Å². The van der Waals surface area contributed by atoms with E-state index in [1.165, 1.54) is 24.3 Å². The molecule has 31 heavy (non-hydrogen) atoms. The van der Waals surface area contributed by atoms with Gasteiger partial charge in [0.2, 0.25) is 4.77 Å². The summed E-state index contributed by atoms with van der Waals surface area (Å²) in [4.78, 5) is 12.1. The summed E-state index contributed by atoms with van der Waals surface area (Å²) in [5.74, 6) is 0.0926. The maximum atomic E-state index is 13.0. The van der Waals surface area contributed by atoms with Crippen LogP contribution in [0.5, 0.6) is 5.75 Å². The zero-order chi connectivity index (χ0) is 21.6. The van der Waals surface area contributed by atoms with Gasteiger partial charge in [-0.1, -0.05) is 30.3 Å². The van der Waals surface area contributed by atoms with Gasteiger partial charge in [0.05, 0.1) is 11.8 Å². The minimum absolute atomic E-state index is 0.271. The normalized spacial score (nSPS) is 11.0. The van der Waals surface area contributed by atoms with Gasteiger partial charge in [0.1, 0.15) is 11.6 Å². The summed E-state index contributed by atoms with van der Waals surface area (Å²) in [6, 6.07) is 21.9. The van der Waals surface area contributed by atoms with Crippen LogP contribution in [0, 0.1) is 10.6 Å². The fourth-order valence-electron chi connectivity index (χ4n) is 2.83. The van der Waals surface area contributed by atoms with E-state index in [0.29, 0.717) is 22.8 Å². The van der Waals surface area contributed by atoms with Crippen molar-refractivity contribution in [1.29, 1.82) is 0 Å². The summed E-state index contributed by atoms with van der Waals surface area (Å²) >= 11 is 5.28. The number of ether oxygens (including phenoxy) is 1. The van der Waals surface area contributed by atoms with Crippen LogP contribution in [0.1, 0.15) is 27.3 Å². The van der Waals surface area contributed by atoms with Crippen LogP contribution in [0.15, 0.2) is 84.0 Å². The second kappa shape index (κ2) is 9.27. The van der Waals surface area contributed by atoms with E-state index < -0.39 is 11.8 Å². The van der Waals surface area contributed by atoms with Crippen molar-refractivity contribution in [3.8, 4) is 5.75 Å². The molecule has 0 saturated carbocycles. The number of benzene rings is 3. The van der Waals surface area contributed by atoms with Crippen LogP contribution in [0.25, 0.3) is 0 Å². The Morgan fingerprint density at radius 3 is 2.48 bits per heavy atom. The second-order valence-corrected chi connectivity index (χ2v) is 7.02. The summed E-state index contributed by atoms with van der Waals surface area (Å²) in [6.45, 7) is 0. The lowest BCUT2D eigenvalue weighted by molar-refractivity contribution is 0.0734. The Morgan fingerprint density at radius 1 is 1.06 bits per heavy atom. The minimum atomic E-state index is -0.559. The number of H-pyrrole nitrogens is 1. The van der Waals surface area contributed by atoms with Gasteiger partial charge in [0.25, 0.3) is 0 Å². The quantitative estimate of drug-likeness (QED) is 0.206. The van der Waals surface area contributed by atoms with E-state index in [2.05, 4.69) is 15.3 Å². The molecule has 0 bridgehead atoms. The zero-order valence-electron chi connectivity index (χ0n) is 16.2. The number of rotatable bonds is 6. The van der Waals surface area contributed by atoms with Crippen molar-refractivity contribution in [1.82, 2.24) is 14.9 Å². The van der Waals surface area contributed by atoms with Gasteiger partial charge in [0.15, 0.2) is 5.82 Å². The second-order valence-electron chi connectivity index (χ2n) is 6.63. The predicted octanol–water partition coefficient (Wildman–Crippen LogP) is 4.77. The van der Waals surface area contributed by atoms with Crippen LogP contribution in [-0.2, 0) is 6.42 Å². The highest BCUT2D eigenvalue weighted by molar-refractivity contribution is 7.71. The molecule has 0 saturated heterocycles. The van der Waals surface area contributed by atoms with E-state index in [0.717, 1.165) is 11.1 Å². The fraction of sp³-hybridized carbons (Fsp3) is 0.0435. The molecule has 1 N–H and O–H groups in total. The number of nitrogens with zero attached hydrogens (tertiary/aromatic N) is 3. The van der Waals surface area contributed by atoms with Gasteiger partial charge in [-0.2, -0.15) is 14.9 Å². The van der Waals surface area contributed by atoms with Crippen LogP contribution in [0.4, 0.5) is 4.39 Å². The van der Waals surface area contributed by atoms with Crippen LogP contribution >= 0.6 is 12.2 Å². The largest absolute Gasteiger partial charge is 0.423 e. The van der Waals surface area contributed by atoms with E-state index >= 15 is 0 Å². The van der Waals surface area contributed by atoms with Gasteiger partial charge in [-0.05, 0) is 71.9 Å². The average Bonchev–Trinajstić information content (AvgIpc) is 3.13. The molecule has 6 nitrogen and oxygen atoms in total. The third kappa shape index (κ3) is 5.18. The molecule has 1 heterocycles. The van der Waals surface area contributed by atoms with Gasteiger partial charge in [0, 0.05) is 6.42 Å². The van der Waals surface area contributed by atoms with E-state index in [4.69, 9.17) is 17.0 Å². The first-order valence-electron chi connectivity index (χ1n) is 9.41. The summed E-state index contributed by atoms with van der Waals surface area (Å²) in [7, 11) is 0. The molecule has 8 heteroatoms. The molecule has 0 atom stereocenters. The monoisotopic (exact) mass is 432 g/mol. The Hall–Kier alpha value is -3.91. The number of aromatic amines is 1. The number of hydrogen-bond acceptors (Lipinski definition) is 5. The molecule has 1 aromatic heterocycles. The Bertz CT molecular complexity index is 1260. The molecule has 0 aliphatic rings. The van der Waals surface area contributed by atoms with E-state index in [1.807, 2.05) is 30.3 Å². The van der Waals surface area contributed by atoms with Gasteiger partial charge in [-0.3, -0.25) is 5.10 Å². The summed E-state index contributed by atoms with van der Waals surface area (Å²) in [5, 5.41) is 11.4. The maximum absolute atomic E-state index is 13.0. The molecule has 0 aliphatic carbocycles. The van der Waals surface area contributed by atoms with Gasteiger partial charge >= 0.3 is 5.97 Å². The highest BCUT2D eigenvalue weighted by Gasteiger charge is 2.09. The Morgan fingerprint density at radius 2 is 1.77 bits per heavy atom. The highest BCUT2D eigenvalue weighted by Crippen LogP contribution is 2.14. The standard InChI is InChI=1S/C23H17FN4O2S/c24-19-10-8-18(9-11-19)22(29)30-20-12-6-17(7-13-20)15-25-28-21(26-27-23(28)31)14-16-4-2-1-3-5-16/h1-13,15H,14H2,(H,27,31)/b25-15-. The maximum Gasteiger partial charge on any atom is 0.343 e. The molecule has 0 aliphatic heterocycles. The van der Waals surface area contributed by atoms with E-state index in [1.54, 1.807) is 35.2 Å². The lowest BCUT2D eigenvalue weighted by atomic mass is 10.1. The van der Waals surface area contributed by atoms with Gasteiger partial charge in [-0.25, -0.2) is 9.18 Å². The number of carbonyl (C=O) groups is 1. The number of aromatic nitrogens is 3. The number of hydrogen-bond donors (Lipinski definition) is 1. The highest BCUT2D eigenvalue weighted by atomic mass is 32.1. The number of carbonyl (C=O) groups excluding carboxylic acids is 1. The molecule has 4 aromatic rings. The third-order valence-electron chi connectivity index (χ3n) is 4.42. The predicted molar refractivity (Wildman–Crippen MR) is 117 cm³/mol. The first kappa shape index (κ1) is 20.4. The Kier molecular flexibility index (Phi) is 6.09. The van der Waals surface area contributed by atoms with Crippen molar-refractivity contribution in [2.75, 3.05) is 0 Å². The van der Waals surface area contributed by atoms with Crippen LogP contribution in [0.2, 0.25) is 0 Å². The van der Waals surface area contributed by atoms with Gasteiger partial charge < -0.3 is 4.74 Å². The molecule has 154 valence electrons. The van der Waals surface area contributed by atoms with Gasteiger partial charge in [-0.15, -0.1) is 0 Å². The Labute approximate surface area is 182 Å². The van der Waals surface area contributed by atoms with Crippen molar-refractivity contribution >= 4 is 24.4 Å². The van der Waals surface area contributed by atoms with Crippen LogP contribution in [-0.4, -0.2) is 27.1 Å². The van der Waals surface area contributed by atoms with Crippen LogP contribution in [0.3, 0.4) is 0 Å². The third-order valence-corrected chi connectivity index (χ3v) is 4.68. The molecule has 0 fully saturated rings. The number of esters is 1. The lowest BCUT2D eigenvalue weighted by Gasteiger charge is -2.05. The molecule has 0 radical (unpaired) electrons. The lowest BCUT2D eigenvalue weighted by Crippen LogP contribution is -2.08. The van der Waals surface area contributed by atoms with Crippen LogP contribution < -0.4 is 4.74 Å². The van der Waals surface area contributed by atoms with Crippen molar-refractivity contribution in [2.24, 2.45) is 5.10 Å². The Balaban J connectivity index is 1.45. The number of halogens is 1. The van der Waals surface area contributed by atoms with E-state index in [9.17, 15) is 9.18 Å². The van der Waals surface area contributed by atoms with Crippen molar-refractivity contribution in [3.05, 3.63) is 112 Å². The molecule has 3 aromatic carbocycles. The average molecular weight is 432 g/mol. The zero-order valence-corrected chi connectivity index (χ0v) is 17.1. The summed E-state index contributed by atoms with van der Waals surface area (Å²) in [5.41, 5.74) is 2.16. The SMILES string of the molecule is O=C(Oc1ccc(/C=N\n2c(Cc3ccccc3)n[nH]c2=S)cc1)c1ccc(F)cc1. The molecular formula is C23H17FN4O2S. The topological polar surface area (TPSA) is 72.3 Å². The minimum Gasteiger partial charge on any atom is -0.423 e. The molecular weight excluding hydrogens is 415 g/mol. The van der Waals surface area contributed by atoms with Crippen molar-refractivity contribution < 1.29 is 13.9 Å². The molecule has 4 rings (SSSR count). The van der Waals surface area contributed by atoms with Crippen molar-refractivity contribution in [3.63, 3.8) is 0 Å². The first-order chi connectivity index (χ1) is 15.1. The molecule has 0 spiro atoms.